The van der Waals surface area contributed by atoms with Gasteiger partial charge in [0.1, 0.15) is 5.75 Å². The molecule has 1 saturated heterocycles. The van der Waals surface area contributed by atoms with Crippen LogP contribution in [-0.4, -0.2) is 25.6 Å². The van der Waals surface area contributed by atoms with Crippen LogP contribution in [0.3, 0.4) is 0 Å². The van der Waals surface area contributed by atoms with Gasteiger partial charge >= 0.3 is 0 Å². The van der Waals surface area contributed by atoms with Crippen LogP contribution in [0.25, 0.3) is 0 Å². The molecule has 16 heavy (non-hydrogen) atoms. The largest absolute Gasteiger partial charge is 0.495 e. The number of nitrogens with two attached hydrogens (primary N) is 1. The van der Waals surface area contributed by atoms with Crippen molar-refractivity contribution in [2.75, 3.05) is 26.1 Å². The summed E-state index contributed by atoms with van der Waals surface area (Å²) in [7, 11) is 1.65. The second-order valence-electron chi connectivity index (χ2n) is 3.83. The van der Waals surface area contributed by atoms with Crippen molar-refractivity contribution in [3.63, 3.8) is 0 Å². The van der Waals surface area contributed by atoms with Gasteiger partial charge in [-0.25, -0.2) is 0 Å². The van der Waals surface area contributed by atoms with Crippen LogP contribution in [0.4, 0.5) is 5.69 Å². The lowest BCUT2D eigenvalue weighted by Gasteiger charge is -2.21. The number of methoxy groups -OCH3 is 1. The van der Waals surface area contributed by atoms with E-state index in [1.807, 2.05) is 23.9 Å². The lowest BCUT2D eigenvalue weighted by atomic mass is 10.2. The highest BCUT2D eigenvalue weighted by molar-refractivity contribution is 8.00. The van der Waals surface area contributed by atoms with Crippen LogP contribution in [-0.2, 0) is 4.74 Å². The van der Waals surface area contributed by atoms with Crippen LogP contribution < -0.4 is 10.5 Å². The van der Waals surface area contributed by atoms with E-state index in [2.05, 4.69) is 6.07 Å². The fourth-order valence-corrected chi connectivity index (χ4v) is 2.89. The van der Waals surface area contributed by atoms with Crippen molar-refractivity contribution in [3.8, 4) is 5.75 Å². The summed E-state index contributed by atoms with van der Waals surface area (Å²) >= 11 is 1.89. The Kier molecular flexibility index (Phi) is 3.96. The predicted molar refractivity (Wildman–Crippen MR) is 67.1 cm³/mol. The molecular weight excluding hydrogens is 222 g/mol. The lowest BCUT2D eigenvalue weighted by molar-refractivity contribution is 0.100. The molecule has 0 aromatic heterocycles. The van der Waals surface area contributed by atoms with Gasteiger partial charge in [0.25, 0.3) is 0 Å². The lowest BCUT2D eigenvalue weighted by Crippen LogP contribution is -2.17. The topological polar surface area (TPSA) is 44.5 Å². The van der Waals surface area contributed by atoms with Crippen molar-refractivity contribution in [2.45, 2.75) is 23.0 Å². The Morgan fingerprint density at radius 2 is 2.12 bits per heavy atom. The Morgan fingerprint density at radius 3 is 2.81 bits per heavy atom. The molecule has 0 atom stereocenters. The molecule has 88 valence electrons. The molecule has 0 aliphatic carbocycles. The number of thioether (sulfide) groups is 1. The smallest absolute Gasteiger partial charge is 0.142 e. The van der Waals surface area contributed by atoms with Crippen molar-refractivity contribution >= 4 is 17.4 Å². The highest BCUT2D eigenvalue weighted by Crippen LogP contribution is 2.33. The zero-order chi connectivity index (χ0) is 11.4. The molecule has 2 rings (SSSR count). The molecule has 1 fully saturated rings. The first-order valence-electron chi connectivity index (χ1n) is 5.47. The summed E-state index contributed by atoms with van der Waals surface area (Å²) in [6.07, 6.45) is 2.24. The van der Waals surface area contributed by atoms with Gasteiger partial charge in [-0.2, -0.15) is 0 Å². The van der Waals surface area contributed by atoms with Gasteiger partial charge in [-0.3, -0.25) is 0 Å². The van der Waals surface area contributed by atoms with E-state index in [-0.39, 0.29) is 0 Å². The molecule has 2 N–H and O–H groups in total. The summed E-state index contributed by atoms with van der Waals surface area (Å²) in [5, 5.41) is 0.655. The van der Waals surface area contributed by atoms with Crippen molar-refractivity contribution in [3.05, 3.63) is 18.2 Å². The highest BCUT2D eigenvalue weighted by Gasteiger charge is 2.15. The van der Waals surface area contributed by atoms with Crippen molar-refractivity contribution in [2.24, 2.45) is 0 Å². The predicted octanol–water partition coefficient (Wildman–Crippen LogP) is 2.55. The first-order chi connectivity index (χ1) is 7.79. The van der Waals surface area contributed by atoms with Gasteiger partial charge in [0.05, 0.1) is 12.8 Å². The van der Waals surface area contributed by atoms with Gasteiger partial charge in [0.2, 0.25) is 0 Å². The molecule has 0 unspecified atom stereocenters. The third kappa shape index (κ3) is 2.83. The van der Waals surface area contributed by atoms with Crippen LogP contribution in [0.2, 0.25) is 0 Å². The van der Waals surface area contributed by atoms with E-state index >= 15 is 0 Å². The van der Waals surface area contributed by atoms with E-state index in [4.69, 9.17) is 15.2 Å². The highest BCUT2D eigenvalue weighted by atomic mass is 32.2. The molecule has 0 radical (unpaired) electrons. The number of hydrogen-bond donors (Lipinski definition) is 1. The van der Waals surface area contributed by atoms with Gasteiger partial charge in [0.15, 0.2) is 0 Å². The standard InChI is InChI=1S/C12H17NO2S/c1-14-12-8-10(2-3-11(12)13)16-9-4-6-15-7-5-9/h2-3,8-9H,4-7,13H2,1H3. The Morgan fingerprint density at radius 1 is 1.38 bits per heavy atom. The molecule has 1 aliphatic heterocycles. The summed E-state index contributed by atoms with van der Waals surface area (Å²) in [5.74, 6) is 0.761. The average molecular weight is 239 g/mol. The summed E-state index contributed by atoms with van der Waals surface area (Å²) < 4.78 is 10.6. The van der Waals surface area contributed by atoms with E-state index in [9.17, 15) is 0 Å². The van der Waals surface area contributed by atoms with E-state index in [0.29, 0.717) is 10.9 Å². The van der Waals surface area contributed by atoms with Gasteiger partial charge < -0.3 is 15.2 Å². The molecule has 0 bridgehead atoms. The monoisotopic (exact) mass is 239 g/mol. The van der Waals surface area contributed by atoms with Crippen molar-refractivity contribution in [1.29, 1.82) is 0 Å². The van der Waals surface area contributed by atoms with Gasteiger partial charge in [-0.05, 0) is 31.0 Å². The normalized spacial score (nSPS) is 17.3. The fourth-order valence-electron chi connectivity index (χ4n) is 1.75. The number of rotatable bonds is 3. The maximum absolute atomic E-state index is 5.78. The number of anilines is 1. The average Bonchev–Trinajstić information content (AvgIpc) is 2.33. The summed E-state index contributed by atoms with van der Waals surface area (Å²) in [4.78, 5) is 1.22. The number of nitrogen functional groups attached to an aromatic ring is 1. The Labute approximate surface area is 100 Å². The van der Waals surface area contributed by atoms with Gasteiger partial charge in [-0.15, -0.1) is 11.8 Å². The van der Waals surface area contributed by atoms with Crippen molar-refractivity contribution < 1.29 is 9.47 Å². The molecule has 0 amide bonds. The molecular formula is C12H17NO2S. The molecule has 1 aromatic rings. The molecule has 0 spiro atoms. The van der Waals surface area contributed by atoms with Crippen LogP contribution in [0.1, 0.15) is 12.8 Å². The van der Waals surface area contributed by atoms with Crippen LogP contribution in [0.15, 0.2) is 23.1 Å². The number of hydrogen-bond acceptors (Lipinski definition) is 4. The van der Waals surface area contributed by atoms with E-state index in [1.165, 1.54) is 4.90 Å². The summed E-state index contributed by atoms with van der Waals surface area (Å²) in [6, 6.07) is 5.97. The fraction of sp³-hybridized carbons (Fsp3) is 0.500. The zero-order valence-corrected chi connectivity index (χ0v) is 10.3. The first-order valence-corrected chi connectivity index (χ1v) is 6.35. The summed E-state index contributed by atoms with van der Waals surface area (Å²) in [6.45, 7) is 1.76. The van der Waals surface area contributed by atoms with E-state index in [1.54, 1.807) is 7.11 Å². The minimum atomic E-state index is 0.655. The molecule has 0 saturated carbocycles. The van der Waals surface area contributed by atoms with Crippen LogP contribution in [0, 0.1) is 0 Å². The van der Waals surface area contributed by atoms with Crippen LogP contribution >= 0.6 is 11.8 Å². The summed E-state index contributed by atoms with van der Waals surface area (Å²) in [5.41, 5.74) is 6.47. The second kappa shape index (κ2) is 5.46. The first kappa shape index (κ1) is 11.6. The molecule has 1 aliphatic rings. The third-order valence-corrected chi connectivity index (χ3v) is 4.01. The minimum Gasteiger partial charge on any atom is -0.495 e. The molecule has 1 aromatic carbocycles. The Bertz CT molecular complexity index is 351. The SMILES string of the molecule is COc1cc(SC2CCOCC2)ccc1N. The quantitative estimate of drug-likeness (QED) is 0.823. The Hall–Kier alpha value is -0.870. The Balaban J connectivity index is 2.03. The second-order valence-corrected chi connectivity index (χ2v) is 5.21. The zero-order valence-electron chi connectivity index (χ0n) is 9.44. The van der Waals surface area contributed by atoms with E-state index < -0.39 is 0 Å². The molecule has 3 nitrogen and oxygen atoms in total. The van der Waals surface area contributed by atoms with Crippen LogP contribution in [0.5, 0.6) is 5.75 Å². The molecule has 4 heteroatoms. The van der Waals surface area contributed by atoms with Gasteiger partial charge in [0, 0.05) is 23.4 Å². The maximum atomic E-state index is 5.78. The number of benzene rings is 1. The third-order valence-electron chi connectivity index (χ3n) is 2.68. The maximum Gasteiger partial charge on any atom is 0.142 e. The van der Waals surface area contributed by atoms with E-state index in [0.717, 1.165) is 31.8 Å². The minimum absolute atomic E-state index is 0.655. The van der Waals surface area contributed by atoms with Crippen molar-refractivity contribution in [1.82, 2.24) is 0 Å². The number of ether oxygens (including phenoxy) is 2. The molecule has 1 heterocycles. The van der Waals surface area contributed by atoms with Gasteiger partial charge in [-0.1, -0.05) is 0 Å².